The Morgan fingerprint density at radius 1 is 1.05 bits per heavy atom. The van der Waals surface area contributed by atoms with Gasteiger partial charge < -0.3 is 20.1 Å². The van der Waals surface area contributed by atoms with Crippen LogP contribution in [-0.2, 0) is 24.6 Å². The number of rotatable bonds is 7. The number of halogens is 1. The fraction of sp³-hybridized carbons (Fsp3) is 0.321. The Labute approximate surface area is 226 Å². The summed E-state index contributed by atoms with van der Waals surface area (Å²) in [7, 11) is 0. The lowest BCUT2D eigenvalue weighted by Gasteiger charge is -2.47. The van der Waals surface area contributed by atoms with Gasteiger partial charge in [-0.2, -0.15) is 0 Å². The molecule has 2 aromatic carbocycles. The van der Waals surface area contributed by atoms with Crippen LogP contribution in [0.25, 0.3) is 0 Å². The van der Waals surface area contributed by atoms with Crippen molar-refractivity contribution < 1.29 is 19.1 Å². The molecule has 0 saturated heterocycles. The number of hydrogen-bond donors (Lipinski definition) is 2. The molecule has 0 radical (unpaired) electrons. The third-order valence-corrected chi connectivity index (χ3v) is 6.93. The van der Waals surface area contributed by atoms with Gasteiger partial charge in [-0.25, -0.2) is 9.78 Å². The highest BCUT2D eigenvalue weighted by molar-refractivity contribution is 7.13. The lowest BCUT2D eigenvalue weighted by Crippen LogP contribution is -2.60. The first-order valence-electron chi connectivity index (χ1n) is 12.1. The normalized spacial score (nSPS) is 20.7. The fourth-order valence-electron chi connectivity index (χ4n) is 4.39. The second kappa shape index (κ2) is 13.3. The zero-order chi connectivity index (χ0) is 26.8. The van der Waals surface area contributed by atoms with Crippen molar-refractivity contribution in [2.45, 2.75) is 39.3 Å². The van der Waals surface area contributed by atoms with Gasteiger partial charge in [-0.3, -0.25) is 4.79 Å². The summed E-state index contributed by atoms with van der Waals surface area (Å²) in [6, 6.07) is 18.5. The number of ether oxygens (including phenoxy) is 2. The monoisotopic (exact) mass is 541 g/mol. The summed E-state index contributed by atoms with van der Waals surface area (Å²) >= 11 is 6.94. The summed E-state index contributed by atoms with van der Waals surface area (Å²) in [5.74, 6) is -1.62. The molecule has 37 heavy (non-hydrogen) atoms. The van der Waals surface area contributed by atoms with Gasteiger partial charge in [0.25, 0.3) is 0 Å². The summed E-state index contributed by atoms with van der Waals surface area (Å²) < 4.78 is 10.8. The van der Waals surface area contributed by atoms with E-state index in [4.69, 9.17) is 21.1 Å². The van der Waals surface area contributed by atoms with Crippen LogP contribution >= 0.6 is 22.9 Å². The molecule has 2 heterocycles. The van der Waals surface area contributed by atoms with Crippen molar-refractivity contribution >= 4 is 40.0 Å². The van der Waals surface area contributed by atoms with E-state index >= 15 is 0 Å². The van der Waals surface area contributed by atoms with Crippen LogP contribution in [0.2, 0.25) is 5.02 Å². The Morgan fingerprint density at radius 2 is 1.68 bits per heavy atom. The SMILES string of the molecule is CCOC(=O)C1=C(C)NC(C)(c2ccccc2)C(C(=O)OCC)C1Nc1nccs1.Clc1ccccc1. The van der Waals surface area contributed by atoms with Crippen LogP contribution in [0.5, 0.6) is 0 Å². The number of nitrogens with zero attached hydrogens (tertiary/aromatic N) is 1. The number of allylic oxidation sites excluding steroid dienone is 1. The molecule has 1 aliphatic heterocycles. The average molecular weight is 542 g/mol. The number of aromatic nitrogens is 1. The van der Waals surface area contributed by atoms with Gasteiger partial charge in [0.05, 0.1) is 30.4 Å². The summed E-state index contributed by atoms with van der Waals surface area (Å²) in [6.07, 6.45) is 1.67. The van der Waals surface area contributed by atoms with E-state index in [1.54, 1.807) is 20.0 Å². The second-order valence-electron chi connectivity index (χ2n) is 8.44. The van der Waals surface area contributed by atoms with Crippen molar-refractivity contribution in [3.05, 3.63) is 94.1 Å². The largest absolute Gasteiger partial charge is 0.466 e. The van der Waals surface area contributed by atoms with Gasteiger partial charge in [0.1, 0.15) is 5.92 Å². The molecule has 7 nitrogen and oxygen atoms in total. The van der Waals surface area contributed by atoms with Gasteiger partial charge in [0, 0.05) is 22.3 Å². The van der Waals surface area contributed by atoms with E-state index in [0.29, 0.717) is 16.4 Å². The molecule has 3 unspecified atom stereocenters. The number of thiazole rings is 1. The molecule has 4 rings (SSSR count). The number of carbonyl (C=O) groups is 2. The van der Waals surface area contributed by atoms with Gasteiger partial charge >= 0.3 is 11.9 Å². The van der Waals surface area contributed by atoms with E-state index in [0.717, 1.165) is 10.6 Å². The molecule has 3 atom stereocenters. The molecule has 1 aromatic heterocycles. The highest BCUT2D eigenvalue weighted by Crippen LogP contribution is 2.41. The Morgan fingerprint density at radius 3 is 2.19 bits per heavy atom. The number of anilines is 1. The number of benzene rings is 2. The first kappa shape index (κ1) is 28.2. The van der Waals surface area contributed by atoms with Crippen molar-refractivity contribution in [2.24, 2.45) is 5.92 Å². The first-order valence-corrected chi connectivity index (χ1v) is 13.3. The minimum atomic E-state index is -0.817. The van der Waals surface area contributed by atoms with Crippen LogP contribution in [-0.4, -0.2) is 36.2 Å². The summed E-state index contributed by atoms with van der Waals surface area (Å²) in [4.78, 5) is 30.5. The molecule has 2 N–H and O–H groups in total. The van der Waals surface area contributed by atoms with Crippen LogP contribution in [0.4, 0.5) is 5.13 Å². The van der Waals surface area contributed by atoms with Crippen molar-refractivity contribution in [3.8, 4) is 0 Å². The highest BCUT2D eigenvalue weighted by atomic mass is 35.5. The minimum absolute atomic E-state index is 0.236. The number of nitrogens with one attached hydrogen (secondary N) is 2. The lowest BCUT2D eigenvalue weighted by molar-refractivity contribution is -0.152. The zero-order valence-electron chi connectivity index (χ0n) is 21.4. The fourth-order valence-corrected chi connectivity index (χ4v) is 5.11. The molecule has 1 aliphatic rings. The third-order valence-electron chi connectivity index (χ3n) is 5.97. The van der Waals surface area contributed by atoms with Gasteiger partial charge in [-0.15, -0.1) is 11.3 Å². The van der Waals surface area contributed by atoms with Gasteiger partial charge in [-0.05, 0) is 45.4 Å². The van der Waals surface area contributed by atoms with Crippen molar-refractivity contribution in [2.75, 3.05) is 18.5 Å². The predicted octanol–water partition coefficient (Wildman–Crippen LogP) is 5.80. The van der Waals surface area contributed by atoms with E-state index < -0.39 is 29.4 Å². The molecule has 0 amide bonds. The topological polar surface area (TPSA) is 89.5 Å². The van der Waals surface area contributed by atoms with Gasteiger partial charge in [-0.1, -0.05) is 60.1 Å². The summed E-state index contributed by atoms with van der Waals surface area (Å²) in [6.45, 7) is 7.77. The Bertz CT molecular complexity index is 1190. The Balaban J connectivity index is 0.000000468. The lowest BCUT2D eigenvalue weighted by atomic mass is 9.70. The predicted molar refractivity (Wildman–Crippen MR) is 147 cm³/mol. The number of hydrogen-bond acceptors (Lipinski definition) is 8. The Hall–Kier alpha value is -3.36. The average Bonchev–Trinajstić information content (AvgIpc) is 3.39. The van der Waals surface area contributed by atoms with Crippen molar-refractivity contribution in [1.29, 1.82) is 0 Å². The Kier molecular flexibility index (Phi) is 10.1. The zero-order valence-corrected chi connectivity index (χ0v) is 22.9. The second-order valence-corrected chi connectivity index (χ2v) is 9.77. The molecule has 0 bridgehead atoms. The summed E-state index contributed by atoms with van der Waals surface area (Å²) in [5.41, 5.74) is 1.12. The van der Waals surface area contributed by atoms with E-state index in [9.17, 15) is 9.59 Å². The van der Waals surface area contributed by atoms with E-state index in [1.165, 1.54) is 11.3 Å². The molecule has 196 valence electrons. The maximum absolute atomic E-state index is 13.3. The number of carbonyl (C=O) groups excluding carboxylic acids is 2. The van der Waals surface area contributed by atoms with Crippen LogP contribution < -0.4 is 10.6 Å². The smallest absolute Gasteiger partial charge is 0.337 e. The maximum Gasteiger partial charge on any atom is 0.337 e. The van der Waals surface area contributed by atoms with Crippen LogP contribution in [0.1, 0.15) is 33.3 Å². The third kappa shape index (κ3) is 6.90. The molecular weight excluding hydrogens is 510 g/mol. The van der Waals surface area contributed by atoms with Crippen molar-refractivity contribution in [1.82, 2.24) is 10.3 Å². The molecule has 0 fully saturated rings. The van der Waals surface area contributed by atoms with E-state index in [2.05, 4.69) is 15.6 Å². The summed E-state index contributed by atoms with van der Waals surface area (Å²) in [5, 5.41) is 9.96. The molecule has 0 saturated carbocycles. The minimum Gasteiger partial charge on any atom is -0.466 e. The molecule has 9 heteroatoms. The quantitative estimate of drug-likeness (QED) is 0.365. The molecule has 3 aromatic rings. The highest BCUT2D eigenvalue weighted by Gasteiger charge is 2.53. The van der Waals surface area contributed by atoms with E-state index in [1.807, 2.05) is 79.9 Å². The van der Waals surface area contributed by atoms with Crippen LogP contribution in [0.3, 0.4) is 0 Å². The van der Waals surface area contributed by atoms with Gasteiger partial charge in [0.2, 0.25) is 0 Å². The molecule has 0 aliphatic carbocycles. The van der Waals surface area contributed by atoms with Crippen molar-refractivity contribution in [3.63, 3.8) is 0 Å². The van der Waals surface area contributed by atoms with Gasteiger partial charge in [0.15, 0.2) is 5.13 Å². The molecular formula is C28H32ClN3O4S. The standard InChI is InChI=1S/C22H27N3O4S.C6H5Cl/c1-5-28-19(26)16-14(3)25-22(4,15-10-8-7-9-11-15)17(20(27)29-6-2)18(16)24-21-23-12-13-30-21;7-6-4-2-1-3-5-6/h7-13,17-18,25H,5-6H2,1-4H3,(H,23,24);1-5H. The number of esters is 2. The van der Waals surface area contributed by atoms with Crippen LogP contribution in [0.15, 0.2) is 83.5 Å². The maximum atomic E-state index is 13.3. The first-order chi connectivity index (χ1) is 17.8. The molecule has 0 spiro atoms. The van der Waals surface area contributed by atoms with Crippen LogP contribution in [0, 0.1) is 5.92 Å². The van der Waals surface area contributed by atoms with E-state index in [-0.39, 0.29) is 13.2 Å².